The molecule has 0 aliphatic carbocycles. The van der Waals surface area contributed by atoms with Crippen LogP contribution >= 0.6 is 0 Å². The third-order valence-corrected chi connectivity index (χ3v) is 2.52. The molecule has 0 radical (unpaired) electrons. The first-order chi connectivity index (χ1) is 8.88. The highest BCUT2D eigenvalue weighted by Crippen LogP contribution is 2.11. The molecule has 2 N–H and O–H groups in total. The molecule has 0 saturated carbocycles. The fourth-order valence-electron chi connectivity index (χ4n) is 1.65. The third kappa shape index (κ3) is 5.42. The van der Waals surface area contributed by atoms with Crippen molar-refractivity contribution in [1.82, 2.24) is 10.2 Å². The molecule has 19 heavy (non-hydrogen) atoms. The van der Waals surface area contributed by atoms with Gasteiger partial charge in [-0.15, -0.1) is 0 Å². The summed E-state index contributed by atoms with van der Waals surface area (Å²) in [4.78, 5) is 24.8. The molecule has 0 fully saturated rings. The molecule has 104 valence electrons. The van der Waals surface area contributed by atoms with Gasteiger partial charge in [-0.1, -0.05) is 12.1 Å². The van der Waals surface area contributed by atoms with Crippen LogP contribution in [0.15, 0.2) is 24.3 Å². The first-order valence-corrected chi connectivity index (χ1v) is 6.19. The van der Waals surface area contributed by atoms with Gasteiger partial charge >= 0.3 is 0 Å². The van der Waals surface area contributed by atoms with Crippen LogP contribution in [0.3, 0.4) is 0 Å². The normalized spacial score (nSPS) is 10.3. The zero-order valence-electron chi connectivity index (χ0n) is 11.5. The molecule has 5 nitrogen and oxygen atoms in total. The molecule has 0 aliphatic heterocycles. The standard InChI is InChI=1S/C14H20N2O3/c1-10(2)15-13(18)9-16(3)14(19)8-11-5-4-6-12(17)7-11/h4-7,10,17H,8-9H2,1-3H3,(H,15,18). The van der Waals surface area contributed by atoms with E-state index in [-0.39, 0.29) is 36.6 Å². The maximum absolute atomic E-state index is 11.9. The van der Waals surface area contributed by atoms with Crippen LogP contribution < -0.4 is 5.32 Å². The smallest absolute Gasteiger partial charge is 0.239 e. The average molecular weight is 264 g/mol. The van der Waals surface area contributed by atoms with Gasteiger partial charge < -0.3 is 15.3 Å². The first kappa shape index (κ1) is 15.0. The van der Waals surface area contributed by atoms with Crippen molar-refractivity contribution in [2.75, 3.05) is 13.6 Å². The number of hydrogen-bond acceptors (Lipinski definition) is 3. The third-order valence-electron chi connectivity index (χ3n) is 2.52. The second-order valence-corrected chi connectivity index (χ2v) is 4.82. The first-order valence-electron chi connectivity index (χ1n) is 6.19. The lowest BCUT2D eigenvalue weighted by atomic mass is 10.1. The summed E-state index contributed by atoms with van der Waals surface area (Å²) in [6.45, 7) is 3.77. The zero-order valence-corrected chi connectivity index (χ0v) is 11.5. The molecule has 0 spiro atoms. The molecule has 1 rings (SSSR count). The fourth-order valence-corrected chi connectivity index (χ4v) is 1.65. The van der Waals surface area contributed by atoms with Crippen molar-refractivity contribution in [3.05, 3.63) is 29.8 Å². The van der Waals surface area contributed by atoms with E-state index >= 15 is 0 Å². The molecule has 0 aliphatic rings. The number of hydrogen-bond donors (Lipinski definition) is 2. The van der Waals surface area contributed by atoms with Gasteiger partial charge in [-0.05, 0) is 31.5 Å². The Bertz CT molecular complexity index is 458. The van der Waals surface area contributed by atoms with Gasteiger partial charge in [-0.2, -0.15) is 0 Å². The van der Waals surface area contributed by atoms with Gasteiger partial charge in [0.2, 0.25) is 11.8 Å². The number of rotatable bonds is 5. The summed E-state index contributed by atoms with van der Waals surface area (Å²) in [5, 5.41) is 12.0. The number of aromatic hydroxyl groups is 1. The number of phenolic OH excluding ortho intramolecular Hbond substituents is 1. The van der Waals surface area contributed by atoms with Gasteiger partial charge in [0.15, 0.2) is 0 Å². The largest absolute Gasteiger partial charge is 0.508 e. The van der Waals surface area contributed by atoms with Crippen LogP contribution in [-0.2, 0) is 16.0 Å². The summed E-state index contributed by atoms with van der Waals surface area (Å²) < 4.78 is 0. The van der Waals surface area contributed by atoms with E-state index in [0.29, 0.717) is 0 Å². The van der Waals surface area contributed by atoms with Gasteiger partial charge in [0.1, 0.15) is 5.75 Å². The second-order valence-electron chi connectivity index (χ2n) is 4.82. The van der Waals surface area contributed by atoms with Crippen LogP contribution in [0.5, 0.6) is 5.75 Å². The molecule has 2 amide bonds. The SMILES string of the molecule is CC(C)NC(=O)CN(C)C(=O)Cc1cccc(O)c1. The van der Waals surface area contributed by atoms with Crippen molar-refractivity contribution in [1.29, 1.82) is 0 Å². The lowest BCUT2D eigenvalue weighted by Gasteiger charge is -2.18. The predicted molar refractivity (Wildman–Crippen MR) is 72.7 cm³/mol. The van der Waals surface area contributed by atoms with Gasteiger partial charge in [-0.3, -0.25) is 9.59 Å². The highest BCUT2D eigenvalue weighted by atomic mass is 16.3. The van der Waals surface area contributed by atoms with Crippen LogP contribution in [0.2, 0.25) is 0 Å². The molecule has 1 aromatic rings. The van der Waals surface area contributed by atoms with Crippen molar-refractivity contribution in [2.45, 2.75) is 26.3 Å². The Morgan fingerprint density at radius 2 is 2.05 bits per heavy atom. The Morgan fingerprint density at radius 3 is 2.63 bits per heavy atom. The number of phenols is 1. The predicted octanol–water partition coefficient (Wildman–Crippen LogP) is 0.918. The maximum atomic E-state index is 11.9. The highest BCUT2D eigenvalue weighted by molar-refractivity contribution is 5.85. The van der Waals surface area contributed by atoms with E-state index in [1.165, 1.54) is 4.90 Å². The number of nitrogens with one attached hydrogen (secondary N) is 1. The van der Waals surface area contributed by atoms with Crippen LogP contribution in [0.1, 0.15) is 19.4 Å². The Hall–Kier alpha value is -2.04. The minimum Gasteiger partial charge on any atom is -0.508 e. The molecule has 0 bridgehead atoms. The van der Waals surface area contributed by atoms with Gasteiger partial charge in [0, 0.05) is 13.1 Å². The molecular weight excluding hydrogens is 244 g/mol. The molecule has 5 heteroatoms. The van der Waals surface area contributed by atoms with Gasteiger partial charge in [-0.25, -0.2) is 0 Å². The number of carbonyl (C=O) groups excluding carboxylic acids is 2. The Labute approximate surface area is 113 Å². The van der Waals surface area contributed by atoms with Crippen molar-refractivity contribution in [3.63, 3.8) is 0 Å². The maximum Gasteiger partial charge on any atom is 0.239 e. The molecule has 0 atom stereocenters. The molecule has 0 aromatic heterocycles. The number of benzene rings is 1. The highest BCUT2D eigenvalue weighted by Gasteiger charge is 2.14. The number of amides is 2. The van der Waals surface area contributed by atoms with E-state index in [0.717, 1.165) is 5.56 Å². The number of nitrogens with zero attached hydrogens (tertiary/aromatic N) is 1. The second kappa shape index (κ2) is 6.78. The summed E-state index contributed by atoms with van der Waals surface area (Å²) in [5.74, 6) is -0.211. The summed E-state index contributed by atoms with van der Waals surface area (Å²) in [6, 6.07) is 6.60. The quantitative estimate of drug-likeness (QED) is 0.830. The van der Waals surface area contributed by atoms with Gasteiger partial charge in [0.05, 0.1) is 13.0 Å². The summed E-state index contributed by atoms with van der Waals surface area (Å²) in [5.41, 5.74) is 0.723. The van der Waals surface area contributed by atoms with E-state index in [4.69, 9.17) is 0 Å². The molecule has 0 heterocycles. The van der Waals surface area contributed by atoms with E-state index in [1.54, 1.807) is 31.3 Å². The summed E-state index contributed by atoms with van der Waals surface area (Å²) >= 11 is 0. The van der Waals surface area contributed by atoms with Crippen molar-refractivity contribution in [3.8, 4) is 5.75 Å². The van der Waals surface area contributed by atoms with E-state index in [9.17, 15) is 14.7 Å². The lowest BCUT2D eigenvalue weighted by molar-refractivity contribution is -0.134. The molecule has 0 saturated heterocycles. The monoisotopic (exact) mass is 264 g/mol. The molecule has 1 aromatic carbocycles. The van der Waals surface area contributed by atoms with Crippen LogP contribution in [0.4, 0.5) is 0 Å². The van der Waals surface area contributed by atoms with E-state index < -0.39 is 0 Å². The Morgan fingerprint density at radius 1 is 1.37 bits per heavy atom. The van der Waals surface area contributed by atoms with Crippen LogP contribution in [0.25, 0.3) is 0 Å². The summed E-state index contributed by atoms with van der Waals surface area (Å²) in [6.07, 6.45) is 0.167. The topological polar surface area (TPSA) is 69.6 Å². The van der Waals surface area contributed by atoms with Crippen molar-refractivity contribution in [2.24, 2.45) is 0 Å². The van der Waals surface area contributed by atoms with Gasteiger partial charge in [0.25, 0.3) is 0 Å². The van der Waals surface area contributed by atoms with E-state index in [2.05, 4.69) is 5.32 Å². The number of carbonyl (C=O) groups is 2. The molecule has 0 unspecified atom stereocenters. The van der Waals surface area contributed by atoms with Crippen LogP contribution in [-0.4, -0.2) is 41.5 Å². The van der Waals surface area contributed by atoms with Crippen molar-refractivity contribution >= 4 is 11.8 Å². The van der Waals surface area contributed by atoms with Crippen molar-refractivity contribution < 1.29 is 14.7 Å². The lowest BCUT2D eigenvalue weighted by Crippen LogP contribution is -2.41. The minimum absolute atomic E-state index is 0.0375. The molecular formula is C14H20N2O3. The van der Waals surface area contributed by atoms with E-state index in [1.807, 2.05) is 13.8 Å². The fraction of sp³-hybridized carbons (Fsp3) is 0.429. The number of likely N-dealkylation sites (N-methyl/N-ethyl adjacent to an activating group) is 1. The Balaban J connectivity index is 2.51. The average Bonchev–Trinajstić information content (AvgIpc) is 2.27. The summed E-state index contributed by atoms with van der Waals surface area (Å²) in [7, 11) is 1.59. The zero-order chi connectivity index (χ0) is 14.4. The Kier molecular flexibility index (Phi) is 5.36. The minimum atomic E-state index is -0.179. The van der Waals surface area contributed by atoms with Crippen LogP contribution in [0, 0.1) is 0 Å².